The first kappa shape index (κ1) is 11.0. The van der Waals surface area contributed by atoms with Crippen molar-refractivity contribution in [3.8, 4) is 0 Å². The molecule has 0 bridgehead atoms. The molecule has 1 atom stereocenters. The fourth-order valence-corrected chi connectivity index (χ4v) is 1.33. The van der Waals surface area contributed by atoms with Crippen molar-refractivity contribution in [3.63, 3.8) is 0 Å². The normalized spacial score (nSPS) is 14.1. The van der Waals surface area contributed by atoms with Crippen molar-refractivity contribution in [1.82, 2.24) is 0 Å². The maximum absolute atomic E-state index is 13.0. The van der Waals surface area contributed by atoms with E-state index in [2.05, 4.69) is 0 Å². The van der Waals surface area contributed by atoms with Crippen LogP contribution in [0.2, 0.25) is 0 Å². The van der Waals surface area contributed by atoms with Crippen LogP contribution in [0.4, 0.5) is 10.1 Å². The van der Waals surface area contributed by atoms with Gasteiger partial charge in [0.05, 0.1) is 0 Å². The minimum absolute atomic E-state index is 0.0772. The van der Waals surface area contributed by atoms with Crippen molar-refractivity contribution in [2.75, 3.05) is 5.73 Å². The number of benzene rings is 1. The Labute approximate surface area is 84.1 Å². The van der Waals surface area contributed by atoms with E-state index >= 15 is 0 Å². The third-order valence-electron chi connectivity index (χ3n) is 2.85. The van der Waals surface area contributed by atoms with E-state index in [0.29, 0.717) is 5.69 Å². The zero-order valence-corrected chi connectivity index (χ0v) is 8.84. The van der Waals surface area contributed by atoms with Gasteiger partial charge in [-0.15, -0.1) is 0 Å². The second kappa shape index (κ2) is 3.58. The van der Waals surface area contributed by atoms with E-state index in [1.807, 2.05) is 20.8 Å². The van der Waals surface area contributed by atoms with E-state index in [-0.39, 0.29) is 17.3 Å². The molecule has 4 N–H and O–H groups in total. The Balaban J connectivity index is 3.24. The SMILES string of the molecule is CC(N)C(C)(C)c1cc(F)ccc1N. The summed E-state index contributed by atoms with van der Waals surface area (Å²) in [6, 6.07) is 4.32. The number of nitrogen functional groups attached to an aromatic ring is 1. The van der Waals surface area contributed by atoms with Gasteiger partial charge < -0.3 is 11.5 Å². The average molecular weight is 196 g/mol. The Morgan fingerprint density at radius 1 is 1.36 bits per heavy atom. The molecule has 0 aromatic heterocycles. The van der Waals surface area contributed by atoms with Gasteiger partial charge in [0.25, 0.3) is 0 Å². The fourth-order valence-electron chi connectivity index (χ4n) is 1.33. The number of hydrogen-bond donors (Lipinski definition) is 2. The second-order valence-electron chi connectivity index (χ2n) is 4.24. The first-order valence-corrected chi connectivity index (χ1v) is 4.67. The summed E-state index contributed by atoms with van der Waals surface area (Å²) in [5, 5.41) is 0. The molecule has 0 aliphatic carbocycles. The Kier molecular flexibility index (Phi) is 2.81. The van der Waals surface area contributed by atoms with Gasteiger partial charge >= 0.3 is 0 Å². The summed E-state index contributed by atoms with van der Waals surface area (Å²) >= 11 is 0. The summed E-state index contributed by atoms with van der Waals surface area (Å²) in [5.41, 5.74) is 12.7. The molecule has 1 aromatic carbocycles. The Hall–Kier alpha value is -1.09. The van der Waals surface area contributed by atoms with E-state index in [1.54, 1.807) is 6.07 Å². The van der Waals surface area contributed by atoms with Gasteiger partial charge in [-0.25, -0.2) is 4.39 Å². The van der Waals surface area contributed by atoms with Crippen LogP contribution in [0.15, 0.2) is 18.2 Å². The lowest BCUT2D eigenvalue weighted by atomic mass is 9.78. The van der Waals surface area contributed by atoms with Gasteiger partial charge in [0.15, 0.2) is 0 Å². The van der Waals surface area contributed by atoms with Crippen LogP contribution in [0.25, 0.3) is 0 Å². The third kappa shape index (κ3) is 1.87. The Morgan fingerprint density at radius 2 is 1.93 bits per heavy atom. The maximum Gasteiger partial charge on any atom is 0.123 e. The molecule has 0 radical (unpaired) electrons. The quantitative estimate of drug-likeness (QED) is 0.711. The molecule has 0 saturated heterocycles. The van der Waals surface area contributed by atoms with Crippen LogP contribution in [0, 0.1) is 5.82 Å². The first-order valence-electron chi connectivity index (χ1n) is 4.67. The molecule has 1 aromatic rings. The summed E-state index contributed by atoms with van der Waals surface area (Å²) in [4.78, 5) is 0. The number of nitrogens with two attached hydrogens (primary N) is 2. The van der Waals surface area contributed by atoms with Crippen LogP contribution >= 0.6 is 0 Å². The van der Waals surface area contributed by atoms with Gasteiger partial charge in [0, 0.05) is 17.1 Å². The summed E-state index contributed by atoms with van der Waals surface area (Å²) < 4.78 is 13.0. The third-order valence-corrected chi connectivity index (χ3v) is 2.85. The minimum Gasteiger partial charge on any atom is -0.398 e. The highest BCUT2D eigenvalue weighted by Crippen LogP contribution is 2.30. The van der Waals surface area contributed by atoms with Crippen molar-refractivity contribution in [2.24, 2.45) is 5.73 Å². The lowest BCUT2D eigenvalue weighted by Gasteiger charge is -2.30. The molecule has 2 nitrogen and oxygen atoms in total. The number of anilines is 1. The molecule has 0 spiro atoms. The summed E-state index contributed by atoms with van der Waals surface area (Å²) in [7, 11) is 0. The summed E-state index contributed by atoms with van der Waals surface area (Å²) in [5.74, 6) is -0.275. The Bertz CT molecular complexity index is 332. The fraction of sp³-hybridized carbons (Fsp3) is 0.455. The van der Waals surface area contributed by atoms with Crippen LogP contribution in [0.5, 0.6) is 0 Å². The van der Waals surface area contributed by atoms with Crippen LogP contribution in [-0.4, -0.2) is 6.04 Å². The highest BCUT2D eigenvalue weighted by molar-refractivity contribution is 5.51. The van der Waals surface area contributed by atoms with Gasteiger partial charge in [-0.05, 0) is 30.7 Å². The molecule has 0 fully saturated rings. The molecule has 0 aliphatic rings. The van der Waals surface area contributed by atoms with Crippen molar-refractivity contribution in [2.45, 2.75) is 32.2 Å². The van der Waals surface area contributed by atoms with Gasteiger partial charge in [-0.1, -0.05) is 13.8 Å². The van der Waals surface area contributed by atoms with Crippen molar-refractivity contribution in [3.05, 3.63) is 29.6 Å². The van der Waals surface area contributed by atoms with E-state index in [9.17, 15) is 4.39 Å². The predicted molar refractivity (Wildman–Crippen MR) is 57.5 cm³/mol. The average Bonchev–Trinajstić information content (AvgIpc) is 2.08. The van der Waals surface area contributed by atoms with E-state index in [4.69, 9.17) is 11.5 Å². The predicted octanol–water partition coefficient (Wildman–Crippen LogP) is 2.03. The van der Waals surface area contributed by atoms with E-state index in [0.717, 1.165) is 5.56 Å². The molecule has 14 heavy (non-hydrogen) atoms. The monoisotopic (exact) mass is 196 g/mol. The molecule has 1 unspecified atom stereocenters. The van der Waals surface area contributed by atoms with Gasteiger partial charge in [0.2, 0.25) is 0 Å². The highest BCUT2D eigenvalue weighted by Gasteiger charge is 2.27. The largest absolute Gasteiger partial charge is 0.398 e. The molecule has 3 heteroatoms. The minimum atomic E-state index is -0.313. The van der Waals surface area contributed by atoms with E-state index < -0.39 is 0 Å². The molecule has 0 saturated carbocycles. The van der Waals surface area contributed by atoms with Crippen LogP contribution in [0.3, 0.4) is 0 Å². The zero-order chi connectivity index (χ0) is 10.9. The Morgan fingerprint density at radius 3 is 2.43 bits per heavy atom. The molecule has 0 aliphatic heterocycles. The standard InChI is InChI=1S/C11H17FN2/c1-7(13)11(2,3)9-6-8(12)4-5-10(9)14/h4-7H,13-14H2,1-3H3. The van der Waals surface area contributed by atoms with Crippen LogP contribution in [-0.2, 0) is 5.41 Å². The van der Waals surface area contributed by atoms with Crippen molar-refractivity contribution in [1.29, 1.82) is 0 Å². The van der Waals surface area contributed by atoms with E-state index in [1.165, 1.54) is 12.1 Å². The molecule has 0 heterocycles. The number of hydrogen-bond acceptors (Lipinski definition) is 2. The second-order valence-corrected chi connectivity index (χ2v) is 4.24. The zero-order valence-electron chi connectivity index (χ0n) is 8.84. The first-order chi connectivity index (χ1) is 6.35. The van der Waals surface area contributed by atoms with Crippen LogP contribution < -0.4 is 11.5 Å². The molecule has 1 rings (SSSR count). The lowest BCUT2D eigenvalue weighted by molar-refractivity contribution is 0.433. The van der Waals surface area contributed by atoms with Gasteiger partial charge in [-0.3, -0.25) is 0 Å². The smallest absolute Gasteiger partial charge is 0.123 e. The molecular formula is C11H17FN2. The summed E-state index contributed by atoms with van der Waals surface area (Å²) in [6.07, 6.45) is 0. The molecule has 0 amide bonds. The van der Waals surface area contributed by atoms with Gasteiger partial charge in [-0.2, -0.15) is 0 Å². The molecular weight excluding hydrogens is 179 g/mol. The highest BCUT2D eigenvalue weighted by atomic mass is 19.1. The van der Waals surface area contributed by atoms with Crippen LogP contribution in [0.1, 0.15) is 26.3 Å². The number of rotatable bonds is 2. The molecule has 78 valence electrons. The summed E-state index contributed by atoms with van der Waals surface area (Å²) in [6.45, 7) is 5.82. The van der Waals surface area contributed by atoms with Gasteiger partial charge in [0.1, 0.15) is 5.82 Å². The topological polar surface area (TPSA) is 52.0 Å². The lowest BCUT2D eigenvalue weighted by Crippen LogP contribution is -2.38. The number of halogens is 1. The maximum atomic E-state index is 13.0. The van der Waals surface area contributed by atoms with Crippen molar-refractivity contribution >= 4 is 5.69 Å². The van der Waals surface area contributed by atoms with Crippen molar-refractivity contribution < 1.29 is 4.39 Å².